The average Bonchev–Trinajstić information content (AvgIpc) is 2.97. The summed E-state index contributed by atoms with van der Waals surface area (Å²) in [4.78, 5) is 13.2. The van der Waals surface area contributed by atoms with Gasteiger partial charge < -0.3 is 5.11 Å². The maximum absolute atomic E-state index is 11.0. The van der Waals surface area contributed by atoms with Crippen LogP contribution in [-0.2, 0) is 4.79 Å². The van der Waals surface area contributed by atoms with Crippen molar-refractivity contribution in [1.82, 2.24) is 4.90 Å². The molecule has 0 amide bonds. The van der Waals surface area contributed by atoms with Crippen LogP contribution in [-0.4, -0.2) is 34.6 Å². The molecule has 16 heavy (non-hydrogen) atoms. The van der Waals surface area contributed by atoms with E-state index < -0.39 is 5.97 Å². The Hall–Kier alpha value is -0.570. The fraction of sp³-hybridized carbons (Fsp3) is 0.923. The Morgan fingerprint density at radius 3 is 2.50 bits per heavy atom. The van der Waals surface area contributed by atoms with E-state index in [0.717, 1.165) is 0 Å². The second-order valence-corrected chi connectivity index (χ2v) is 6.05. The van der Waals surface area contributed by atoms with Crippen molar-refractivity contribution in [2.24, 2.45) is 5.41 Å². The van der Waals surface area contributed by atoms with Gasteiger partial charge in [-0.2, -0.15) is 0 Å². The highest BCUT2D eigenvalue weighted by Gasteiger charge is 2.42. The number of carboxylic acids is 1. The Balaban J connectivity index is 2.08. The molecular weight excluding hydrogens is 202 g/mol. The van der Waals surface area contributed by atoms with Gasteiger partial charge in [-0.15, -0.1) is 0 Å². The average molecular weight is 225 g/mol. The minimum atomic E-state index is -0.673. The summed E-state index contributed by atoms with van der Waals surface area (Å²) in [7, 11) is 0. The van der Waals surface area contributed by atoms with Gasteiger partial charge in [0.15, 0.2) is 0 Å². The van der Waals surface area contributed by atoms with Gasteiger partial charge in [-0.25, -0.2) is 0 Å². The first-order valence-electron chi connectivity index (χ1n) is 6.48. The zero-order chi connectivity index (χ0) is 11.8. The van der Waals surface area contributed by atoms with Crippen LogP contribution in [0, 0.1) is 5.41 Å². The molecule has 2 fully saturated rings. The highest BCUT2D eigenvalue weighted by atomic mass is 16.4. The summed E-state index contributed by atoms with van der Waals surface area (Å²) in [6.07, 6.45) is 7.36. The van der Waals surface area contributed by atoms with Gasteiger partial charge in [0.1, 0.15) is 0 Å². The maximum atomic E-state index is 11.0. The number of nitrogens with zero attached hydrogens (tertiary/aromatic N) is 1. The molecule has 0 aromatic rings. The van der Waals surface area contributed by atoms with Gasteiger partial charge in [-0.1, -0.05) is 26.7 Å². The highest BCUT2D eigenvalue weighted by molar-refractivity contribution is 5.69. The molecule has 0 bridgehead atoms. The van der Waals surface area contributed by atoms with E-state index in [0.29, 0.717) is 12.1 Å². The van der Waals surface area contributed by atoms with Gasteiger partial charge in [0, 0.05) is 12.1 Å². The summed E-state index contributed by atoms with van der Waals surface area (Å²) >= 11 is 0. The number of hydrogen-bond acceptors (Lipinski definition) is 2. The van der Waals surface area contributed by atoms with Crippen molar-refractivity contribution in [3.05, 3.63) is 0 Å². The lowest BCUT2D eigenvalue weighted by molar-refractivity contribution is -0.140. The minimum absolute atomic E-state index is 0.235. The molecule has 0 heterocycles. The summed E-state index contributed by atoms with van der Waals surface area (Å²) in [5, 5.41) is 9.02. The van der Waals surface area contributed by atoms with Crippen LogP contribution >= 0.6 is 0 Å². The Bertz CT molecular complexity index is 271. The van der Waals surface area contributed by atoms with E-state index in [2.05, 4.69) is 18.7 Å². The lowest BCUT2D eigenvalue weighted by Gasteiger charge is -2.45. The first kappa shape index (κ1) is 11.9. The molecule has 0 aromatic carbocycles. The molecule has 3 nitrogen and oxygen atoms in total. The topological polar surface area (TPSA) is 40.5 Å². The third-order valence-corrected chi connectivity index (χ3v) is 4.18. The van der Waals surface area contributed by atoms with Crippen LogP contribution in [0.15, 0.2) is 0 Å². The minimum Gasteiger partial charge on any atom is -0.480 e. The van der Waals surface area contributed by atoms with Crippen molar-refractivity contribution in [2.45, 2.75) is 64.5 Å². The molecule has 1 unspecified atom stereocenters. The standard InChI is InChI=1S/C13H23NO2/c1-13(2)8-4-3-5-11(13)14(9-12(15)16)10-6-7-10/h10-11H,3-9H2,1-2H3,(H,15,16). The SMILES string of the molecule is CC1(C)CCCCC1N(CC(=O)O)C1CC1. The number of carboxylic acid groups (broad SMARTS) is 1. The molecule has 2 saturated carbocycles. The van der Waals surface area contributed by atoms with Gasteiger partial charge >= 0.3 is 5.97 Å². The third-order valence-electron chi connectivity index (χ3n) is 4.18. The van der Waals surface area contributed by atoms with E-state index >= 15 is 0 Å². The smallest absolute Gasteiger partial charge is 0.317 e. The van der Waals surface area contributed by atoms with Crippen LogP contribution in [0.3, 0.4) is 0 Å². The molecule has 92 valence electrons. The number of rotatable bonds is 4. The van der Waals surface area contributed by atoms with Crippen molar-refractivity contribution >= 4 is 5.97 Å². The molecule has 3 heteroatoms. The number of aliphatic carboxylic acids is 1. The van der Waals surface area contributed by atoms with Crippen LogP contribution in [0.2, 0.25) is 0 Å². The summed E-state index contributed by atoms with van der Waals surface area (Å²) in [5.41, 5.74) is 0.288. The Kier molecular flexibility index (Phi) is 3.24. The van der Waals surface area contributed by atoms with E-state index in [1.165, 1.54) is 38.5 Å². The summed E-state index contributed by atoms with van der Waals surface area (Å²) in [6, 6.07) is 1.03. The van der Waals surface area contributed by atoms with Gasteiger partial charge in [0.2, 0.25) is 0 Å². The van der Waals surface area contributed by atoms with E-state index in [4.69, 9.17) is 5.11 Å². The normalized spacial score (nSPS) is 29.3. The predicted octanol–water partition coefficient (Wildman–Crippen LogP) is 2.50. The maximum Gasteiger partial charge on any atom is 0.317 e. The zero-order valence-electron chi connectivity index (χ0n) is 10.4. The van der Waals surface area contributed by atoms with Gasteiger partial charge in [0.05, 0.1) is 6.54 Å². The van der Waals surface area contributed by atoms with Gasteiger partial charge in [-0.3, -0.25) is 9.69 Å². The highest BCUT2D eigenvalue weighted by Crippen LogP contribution is 2.42. The lowest BCUT2D eigenvalue weighted by Crippen LogP contribution is -2.50. The first-order valence-corrected chi connectivity index (χ1v) is 6.48. The van der Waals surface area contributed by atoms with Crippen LogP contribution < -0.4 is 0 Å². The van der Waals surface area contributed by atoms with Crippen LogP contribution in [0.5, 0.6) is 0 Å². The van der Waals surface area contributed by atoms with Crippen molar-refractivity contribution in [2.75, 3.05) is 6.54 Å². The molecule has 2 rings (SSSR count). The molecule has 1 N–H and O–H groups in total. The quantitative estimate of drug-likeness (QED) is 0.799. The second kappa shape index (κ2) is 4.36. The molecule has 0 saturated heterocycles. The predicted molar refractivity (Wildman–Crippen MR) is 63.4 cm³/mol. The van der Waals surface area contributed by atoms with Crippen LogP contribution in [0.1, 0.15) is 52.4 Å². The van der Waals surface area contributed by atoms with Gasteiger partial charge in [-0.05, 0) is 31.1 Å². The van der Waals surface area contributed by atoms with Crippen molar-refractivity contribution < 1.29 is 9.90 Å². The van der Waals surface area contributed by atoms with E-state index in [1.807, 2.05) is 0 Å². The van der Waals surface area contributed by atoms with Gasteiger partial charge in [0.25, 0.3) is 0 Å². The van der Waals surface area contributed by atoms with Crippen molar-refractivity contribution in [1.29, 1.82) is 0 Å². The number of hydrogen-bond donors (Lipinski definition) is 1. The van der Waals surface area contributed by atoms with Crippen molar-refractivity contribution in [3.63, 3.8) is 0 Å². The fourth-order valence-electron chi connectivity index (χ4n) is 3.15. The molecule has 0 radical (unpaired) electrons. The third kappa shape index (κ3) is 2.57. The fourth-order valence-corrected chi connectivity index (χ4v) is 3.15. The molecule has 2 aliphatic rings. The Morgan fingerprint density at radius 1 is 1.31 bits per heavy atom. The largest absolute Gasteiger partial charge is 0.480 e. The molecule has 0 aliphatic heterocycles. The molecular formula is C13H23NO2. The summed E-state index contributed by atoms with van der Waals surface area (Å²) in [5.74, 6) is -0.673. The first-order chi connectivity index (χ1) is 7.50. The molecule has 2 aliphatic carbocycles. The Labute approximate surface area is 97.8 Å². The summed E-state index contributed by atoms with van der Waals surface area (Å²) in [6.45, 7) is 4.83. The van der Waals surface area contributed by atoms with E-state index in [1.54, 1.807) is 0 Å². The zero-order valence-corrected chi connectivity index (χ0v) is 10.4. The van der Waals surface area contributed by atoms with Crippen LogP contribution in [0.25, 0.3) is 0 Å². The summed E-state index contributed by atoms with van der Waals surface area (Å²) < 4.78 is 0. The molecule has 0 aromatic heterocycles. The van der Waals surface area contributed by atoms with E-state index in [9.17, 15) is 4.79 Å². The monoisotopic (exact) mass is 225 g/mol. The second-order valence-electron chi connectivity index (χ2n) is 6.05. The lowest BCUT2D eigenvalue weighted by atomic mass is 9.72. The van der Waals surface area contributed by atoms with Crippen molar-refractivity contribution in [3.8, 4) is 0 Å². The number of carbonyl (C=O) groups is 1. The Morgan fingerprint density at radius 2 is 2.00 bits per heavy atom. The molecule has 1 atom stereocenters. The molecule has 0 spiro atoms. The van der Waals surface area contributed by atoms with Crippen LogP contribution in [0.4, 0.5) is 0 Å². The van der Waals surface area contributed by atoms with E-state index in [-0.39, 0.29) is 12.0 Å².